The Bertz CT molecular complexity index is 73.8. The van der Waals surface area contributed by atoms with Gasteiger partial charge in [-0.25, -0.2) is 0 Å². The van der Waals surface area contributed by atoms with E-state index in [2.05, 4.69) is 5.73 Å². The van der Waals surface area contributed by atoms with E-state index in [1.165, 1.54) is 0 Å². The van der Waals surface area contributed by atoms with Gasteiger partial charge in [0.25, 0.3) is 0 Å². The van der Waals surface area contributed by atoms with Crippen molar-refractivity contribution in [3.05, 3.63) is 0 Å². The zero-order chi connectivity index (χ0) is 11.7. The summed E-state index contributed by atoms with van der Waals surface area (Å²) in [6, 6.07) is 0. The van der Waals surface area contributed by atoms with Crippen molar-refractivity contribution in [1.82, 2.24) is 0 Å². The molecule has 0 heterocycles. The third-order valence-electron chi connectivity index (χ3n) is 1.32. The van der Waals surface area contributed by atoms with Crippen molar-refractivity contribution in [2.24, 2.45) is 5.73 Å². The first-order valence-corrected chi connectivity index (χ1v) is 5.20. The molecule has 0 aromatic rings. The van der Waals surface area contributed by atoms with Gasteiger partial charge in [0.15, 0.2) is 0 Å². The van der Waals surface area contributed by atoms with Crippen molar-refractivity contribution in [2.45, 2.75) is 46.0 Å². The van der Waals surface area contributed by atoms with Crippen LogP contribution in [0.3, 0.4) is 0 Å². The average molecular weight is 207 g/mol. The van der Waals surface area contributed by atoms with E-state index in [0.717, 1.165) is 32.1 Å². The van der Waals surface area contributed by atoms with Gasteiger partial charge >= 0.3 is 0 Å². The summed E-state index contributed by atoms with van der Waals surface area (Å²) in [4.78, 5) is 8.58. The van der Waals surface area contributed by atoms with Crippen LogP contribution >= 0.6 is 0 Å². The first-order valence-electron chi connectivity index (χ1n) is 5.20. The second-order valence-electron chi connectivity index (χ2n) is 2.35. The van der Waals surface area contributed by atoms with Crippen LogP contribution in [0, 0.1) is 0 Å². The number of carbonyl (C=O) groups excluding carboxylic acids is 1. The van der Waals surface area contributed by atoms with Crippen LogP contribution in [0.4, 0.5) is 0 Å². The lowest BCUT2D eigenvalue weighted by Gasteiger charge is -1.95. The van der Waals surface area contributed by atoms with E-state index in [1.54, 1.807) is 0 Å². The molecule has 4 heteroatoms. The number of unbranched alkanes of at least 4 members (excludes halogenated alkanes) is 4. The van der Waals surface area contributed by atoms with E-state index in [1.807, 2.05) is 13.8 Å². The number of aliphatic hydroxyl groups is 2. The Morgan fingerprint density at radius 3 is 1.36 bits per heavy atom. The first-order chi connectivity index (χ1) is 6.83. The summed E-state index contributed by atoms with van der Waals surface area (Å²) in [7, 11) is 0. The minimum atomic E-state index is 0.250. The monoisotopic (exact) mass is 207 g/mol. The van der Waals surface area contributed by atoms with Gasteiger partial charge in [0.05, 0.1) is 0 Å². The molecule has 88 valence electrons. The number of nitrogens with two attached hydrogens (primary N) is 1. The number of amides is 1. The SMILES string of the molecule is CC.NC=O.OCCCCCCCO. The average Bonchev–Trinajstić information content (AvgIpc) is 2.22. The predicted molar refractivity (Wildman–Crippen MR) is 58.9 cm³/mol. The van der Waals surface area contributed by atoms with E-state index >= 15 is 0 Å². The number of hydrogen-bond acceptors (Lipinski definition) is 3. The third kappa shape index (κ3) is 42.3. The Labute approximate surface area is 87.1 Å². The van der Waals surface area contributed by atoms with Gasteiger partial charge in [0.1, 0.15) is 0 Å². The summed E-state index contributed by atoms with van der Waals surface area (Å²) >= 11 is 0. The largest absolute Gasteiger partial charge is 0.396 e. The third-order valence-corrected chi connectivity index (χ3v) is 1.32. The molecular formula is C10H25NO3. The van der Waals surface area contributed by atoms with Gasteiger partial charge in [-0.1, -0.05) is 33.1 Å². The molecule has 0 rings (SSSR count). The molecule has 0 aliphatic carbocycles. The molecular weight excluding hydrogens is 182 g/mol. The molecule has 0 aromatic heterocycles. The minimum absolute atomic E-state index is 0.250. The van der Waals surface area contributed by atoms with Crippen molar-refractivity contribution < 1.29 is 15.0 Å². The maximum absolute atomic E-state index is 8.58. The fourth-order valence-electron chi connectivity index (χ4n) is 0.754. The number of primary amides is 1. The van der Waals surface area contributed by atoms with E-state index in [9.17, 15) is 0 Å². The van der Waals surface area contributed by atoms with Gasteiger partial charge < -0.3 is 15.9 Å². The quantitative estimate of drug-likeness (QED) is 0.449. The topological polar surface area (TPSA) is 83.6 Å². The lowest BCUT2D eigenvalue weighted by molar-refractivity contribution is -0.106. The molecule has 0 atom stereocenters. The second kappa shape index (κ2) is 29.4. The van der Waals surface area contributed by atoms with Crippen LogP contribution in [0.15, 0.2) is 0 Å². The highest BCUT2D eigenvalue weighted by Crippen LogP contribution is 2.00. The molecule has 0 aliphatic heterocycles. The maximum Gasteiger partial charge on any atom is 0.204 e. The number of hydrogen-bond donors (Lipinski definition) is 3. The smallest absolute Gasteiger partial charge is 0.204 e. The van der Waals surface area contributed by atoms with Gasteiger partial charge in [0.2, 0.25) is 6.41 Å². The van der Waals surface area contributed by atoms with Crippen LogP contribution < -0.4 is 5.73 Å². The van der Waals surface area contributed by atoms with Crippen molar-refractivity contribution >= 4 is 6.41 Å². The summed E-state index contributed by atoms with van der Waals surface area (Å²) < 4.78 is 0. The van der Waals surface area contributed by atoms with E-state index < -0.39 is 0 Å². The second-order valence-corrected chi connectivity index (χ2v) is 2.35. The predicted octanol–water partition coefficient (Wildman–Crippen LogP) is 1.05. The summed E-state index contributed by atoms with van der Waals surface area (Å²) in [6.45, 7) is 4.61. The number of rotatable bonds is 6. The van der Waals surface area contributed by atoms with Crippen LogP contribution in [0.1, 0.15) is 46.0 Å². The number of aliphatic hydroxyl groups excluding tert-OH is 2. The molecule has 4 nitrogen and oxygen atoms in total. The van der Waals surface area contributed by atoms with E-state index in [-0.39, 0.29) is 6.41 Å². The van der Waals surface area contributed by atoms with Crippen molar-refractivity contribution in [2.75, 3.05) is 13.2 Å². The van der Waals surface area contributed by atoms with Gasteiger partial charge in [0, 0.05) is 13.2 Å². The summed E-state index contributed by atoms with van der Waals surface area (Å²) in [5.74, 6) is 0. The molecule has 0 radical (unpaired) electrons. The molecule has 0 saturated heterocycles. The van der Waals surface area contributed by atoms with E-state index in [4.69, 9.17) is 15.0 Å². The van der Waals surface area contributed by atoms with Gasteiger partial charge in [-0.3, -0.25) is 4.79 Å². The Kier molecular flexibility index (Phi) is 40.0. The molecule has 0 fully saturated rings. The van der Waals surface area contributed by atoms with Crippen LogP contribution in [-0.4, -0.2) is 29.8 Å². The Morgan fingerprint density at radius 1 is 0.929 bits per heavy atom. The molecule has 0 aromatic carbocycles. The van der Waals surface area contributed by atoms with Crippen molar-refractivity contribution in [3.8, 4) is 0 Å². The maximum atomic E-state index is 8.58. The molecule has 0 unspecified atom stereocenters. The summed E-state index contributed by atoms with van der Waals surface area (Å²) in [5.41, 5.74) is 4.17. The fourth-order valence-corrected chi connectivity index (χ4v) is 0.754. The molecule has 0 aliphatic rings. The Morgan fingerprint density at radius 2 is 1.14 bits per heavy atom. The zero-order valence-corrected chi connectivity index (χ0v) is 9.41. The zero-order valence-electron chi connectivity index (χ0n) is 9.41. The molecule has 1 amide bonds. The standard InChI is InChI=1S/C7H16O2.C2H6.CH3NO/c8-6-4-2-1-3-5-7-9;1-2;2-1-3/h8-9H,1-7H2;1-2H3;1H,(H2,2,3). The Hall–Kier alpha value is -0.610. The minimum Gasteiger partial charge on any atom is -0.396 e. The first kappa shape index (κ1) is 19.0. The van der Waals surface area contributed by atoms with Crippen molar-refractivity contribution in [1.29, 1.82) is 0 Å². The lowest BCUT2D eigenvalue weighted by Crippen LogP contribution is -1.85. The van der Waals surface area contributed by atoms with Gasteiger partial charge in [-0.05, 0) is 12.8 Å². The molecule has 14 heavy (non-hydrogen) atoms. The van der Waals surface area contributed by atoms with E-state index in [0.29, 0.717) is 13.2 Å². The highest BCUT2D eigenvalue weighted by Gasteiger charge is 1.86. The molecule has 0 bridgehead atoms. The fraction of sp³-hybridized carbons (Fsp3) is 0.900. The number of carbonyl (C=O) groups is 1. The van der Waals surface area contributed by atoms with Gasteiger partial charge in [-0.2, -0.15) is 0 Å². The highest BCUT2D eigenvalue weighted by molar-refractivity contribution is 5.42. The summed E-state index contributed by atoms with van der Waals surface area (Å²) in [6.07, 6.45) is 5.39. The molecule has 0 spiro atoms. The summed E-state index contributed by atoms with van der Waals surface area (Å²) in [5, 5.41) is 16.7. The molecule has 0 saturated carbocycles. The Balaban J connectivity index is -0.000000205. The van der Waals surface area contributed by atoms with Crippen LogP contribution in [0.5, 0.6) is 0 Å². The highest BCUT2D eigenvalue weighted by atomic mass is 16.3. The normalized spacial score (nSPS) is 7.71. The lowest BCUT2D eigenvalue weighted by atomic mass is 10.2. The molecule has 4 N–H and O–H groups in total. The van der Waals surface area contributed by atoms with Crippen LogP contribution in [0.25, 0.3) is 0 Å². The van der Waals surface area contributed by atoms with Crippen LogP contribution in [0.2, 0.25) is 0 Å². The van der Waals surface area contributed by atoms with Crippen molar-refractivity contribution in [3.63, 3.8) is 0 Å². The van der Waals surface area contributed by atoms with Crippen LogP contribution in [-0.2, 0) is 4.79 Å². The van der Waals surface area contributed by atoms with Gasteiger partial charge in [-0.15, -0.1) is 0 Å².